The van der Waals surface area contributed by atoms with Crippen LogP contribution in [0.15, 0.2) is 0 Å². The number of hydrogen-bond acceptors (Lipinski definition) is 3. The van der Waals surface area contributed by atoms with Gasteiger partial charge >= 0.3 is 0 Å². The minimum Gasteiger partial charge on any atom is -0.298 e. The molecule has 2 atom stereocenters. The van der Waals surface area contributed by atoms with Crippen molar-refractivity contribution in [3.05, 3.63) is 0 Å². The minimum atomic E-state index is -0.616. The summed E-state index contributed by atoms with van der Waals surface area (Å²) >= 11 is 0. The Morgan fingerprint density at radius 3 is 1.07 bits per heavy atom. The Labute approximate surface area is 276 Å². The summed E-state index contributed by atoms with van der Waals surface area (Å²) in [5.41, 5.74) is 2.20. The van der Waals surface area contributed by atoms with Gasteiger partial charge in [-0.05, 0) is 149 Å². The molecule has 0 aromatic rings. The van der Waals surface area contributed by atoms with Gasteiger partial charge in [-0.2, -0.15) is 0 Å². The van der Waals surface area contributed by atoms with Gasteiger partial charge in [-0.25, -0.2) is 4.39 Å². The first kappa shape index (κ1) is 40.0. The molecule has 262 valence electrons. The second-order valence-electron chi connectivity index (χ2n) is 20.5. The normalized spacial score (nSPS) is 29.7. The van der Waals surface area contributed by atoms with E-state index in [1.807, 2.05) is 6.92 Å². The molecule has 7 fully saturated rings. The summed E-state index contributed by atoms with van der Waals surface area (Å²) in [6.45, 7) is 41.7. The first-order valence-corrected chi connectivity index (χ1v) is 18.7. The maximum absolute atomic E-state index is 13.1. The number of rotatable bonds is 0. The highest BCUT2D eigenvalue weighted by molar-refractivity contribution is 5.01. The van der Waals surface area contributed by atoms with Crippen LogP contribution in [0.3, 0.4) is 0 Å². The predicted molar refractivity (Wildman–Crippen MR) is 193 cm³/mol. The Morgan fingerprint density at radius 2 is 0.977 bits per heavy atom. The van der Waals surface area contributed by atoms with Crippen molar-refractivity contribution in [3.63, 3.8) is 0 Å². The summed E-state index contributed by atoms with van der Waals surface area (Å²) in [5.74, 6) is 3.36. The van der Waals surface area contributed by atoms with E-state index in [1.54, 1.807) is 0 Å². The zero-order valence-corrected chi connectivity index (χ0v) is 32.9. The molecule has 3 nitrogen and oxygen atoms in total. The minimum absolute atomic E-state index is 0.134. The van der Waals surface area contributed by atoms with Crippen LogP contribution in [0.5, 0.6) is 0 Å². The number of alkyl halides is 1. The molecule has 3 aliphatic carbocycles. The number of halogens is 1. The number of likely N-dealkylation sites (tertiary alicyclic amines) is 2. The second-order valence-corrected chi connectivity index (χ2v) is 20.5. The lowest BCUT2D eigenvalue weighted by atomic mass is 9.69. The SMILES string of the molecule is CC(C)(C)C1CC1.CC(C)(C)C1CCC1.CC(C)(C)N1CC2CC1C2.CC(C)(C)N1CCC1.C[C@@H]1CN(C(C)(C)C)C[C@@H]1F. The molecule has 0 spiro atoms. The first-order chi connectivity index (χ1) is 19.8. The van der Waals surface area contributed by atoms with Crippen LogP contribution in [0.1, 0.15) is 162 Å². The van der Waals surface area contributed by atoms with E-state index in [9.17, 15) is 4.39 Å². The third kappa shape index (κ3) is 13.1. The highest BCUT2D eigenvalue weighted by Gasteiger charge is 2.46. The Balaban J connectivity index is 0.000000194. The Hall–Kier alpha value is -0.190. The summed E-state index contributed by atoms with van der Waals surface area (Å²) in [6, 6.07) is 0.949. The molecule has 0 N–H and O–H groups in total. The molecule has 0 unspecified atom stereocenters. The predicted octanol–water partition coefficient (Wildman–Crippen LogP) is 10.7. The van der Waals surface area contributed by atoms with Crippen molar-refractivity contribution in [1.82, 2.24) is 14.7 Å². The molecule has 4 heterocycles. The van der Waals surface area contributed by atoms with Gasteiger partial charge in [0.1, 0.15) is 6.17 Å². The molecule has 7 aliphatic rings. The zero-order valence-electron chi connectivity index (χ0n) is 32.9. The van der Waals surface area contributed by atoms with Crippen LogP contribution >= 0.6 is 0 Å². The van der Waals surface area contributed by atoms with Crippen molar-refractivity contribution in [2.75, 3.05) is 32.7 Å². The van der Waals surface area contributed by atoms with Gasteiger partial charge < -0.3 is 0 Å². The van der Waals surface area contributed by atoms with Gasteiger partial charge in [0.25, 0.3) is 0 Å². The molecule has 4 saturated heterocycles. The second kappa shape index (κ2) is 15.4. The van der Waals surface area contributed by atoms with E-state index < -0.39 is 6.17 Å². The summed E-state index contributed by atoms with van der Waals surface area (Å²) in [6.07, 6.45) is 11.1. The Kier molecular flexibility index (Phi) is 14.0. The fourth-order valence-corrected chi connectivity index (χ4v) is 7.04. The van der Waals surface area contributed by atoms with E-state index in [1.165, 1.54) is 71.0 Å². The molecule has 0 aromatic carbocycles. The van der Waals surface area contributed by atoms with Crippen LogP contribution in [0, 0.1) is 34.5 Å². The average Bonchev–Trinajstić information content (AvgIpc) is 3.22. The van der Waals surface area contributed by atoms with Crippen molar-refractivity contribution in [3.8, 4) is 0 Å². The van der Waals surface area contributed by atoms with Crippen molar-refractivity contribution >= 4 is 0 Å². The molecule has 0 aromatic heterocycles. The maximum Gasteiger partial charge on any atom is 0.117 e. The van der Waals surface area contributed by atoms with Crippen molar-refractivity contribution in [2.24, 2.45) is 34.5 Å². The topological polar surface area (TPSA) is 9.72 Å². The molecule has 2 bridgehead atoms. The molecule has 0 radical (unpaired) electrons. The largest absolute Gasteiger partial charge is 0.298 e. The highest BCUT2D eigenvalue weighted by Crippen LogP contribution is 2.45. The fourth-order valence-electron chi connectivity index (χ4n) is 7.04. The molecule has 44 heavy (non-hydrogen) atoms. The van der Waals surface area contributed by atoms with Crippen molar-refractivity contribution in [2.45, 2.75) is 191 Å². The summed E-state index contributed by atoms with van der Waals surface area (Å²) in [7, 11) is 0. The lowest BCUT2D eigenvalue weighted by Gasteiger charge is -2.42. The molecule has 7 rings (SSSR count). The van der Waals surface area contributed by atoms with Crippen LogP contribution in [0.2, 0.25) is 0 Å². The maximum atomic E-state index is 13.1. The smallest absolute Gasteiger partial charge is 0.117 e. The van der Waals surface area contributed by atoms with E-state index in [0.717, 1.165) is 30.3 Å². The van der Waals surface area contributed by atoms with Gasteiger partial charge in [-0.15, -0.1) is 0 Å². The van der Waals surface area contributed by atoms with E-state index in [4.69, 9.17) is 0 Å². The van der Waals surface area contributed by atoms with Gasteiger partial charge in [-0.1, -0.05) is 54.9 Å². The quantitative estimate of drug-likeness (QED) is 0.266. The van der Waals surface area contributed by atoms with Crippen molar-refractivity contribution in [1.29, 1.82) is 0 Å². The monoisotopic (exact) mass is 622 g/mol. The molecule has 4 heteroatoms. The standard InChI is InChI=1S/C9H18FN.C9H17N.C8H16.C7H15N.C7H14/c1-7-5-11(6-8(7)10)9(2,3)4;1-9(2,3)10-6-7-4-8(10)5-7;1-8(2,3)7-5-4-6-7;1-7(2,3)8-5-4-6-8;1-7(2,3)6-4-5-6/h7-8H,5-6H2,1-4H3;7-8H,4-6H2,1-3H3;7H,4-6H2,1-3H3;4-6H2,1-3H3;6H,4-5H2,1-3H3/t7-,8+;;;;/m1..../s1. The van der Waals surface area contributed by atoms with Gasteiger partial charge in [0.05, 0.1) is 0 Å². The Bertz CT molecular complexity index is 781. The number of hydrogen-bond donors (Lipinski definition) is 0. The average molecular weight is 622 g/mol. The summed E-state index contributed by atoms with van der Waals surface area (Å²) in [4.78, 5) is 7.37. The molecule has 0 amide bonds. The highest BCUT2D eigenvalue weighted by atomic mass is 19.1. The van der Waals surface area contributed by atoms with E-state index in [0.29, 0.717) is 28.5 Å². The molecule has 3 saturated carbocycles. The van der Waals surface area contributed by atoms with E-state index in [2.05, 4.69) is 119 Å². The first-order valence-electron chi connectivity index (χ1n) is 18.7. The van der Waals surface area contributed by atoms with E-state index in [-0.39, 0.29) is 11.5 Å². The van der Waals surface area contributed by atoms with Gasteiger partial charge in [0, 0.05) is 48.2 Å². The fraction of sp³-hybridized carbons (Fsp3) is 1.00. The van der Waals surface area contributed by atoms with Crippen LogP contribution in [-0.2, 0) is 0 Å². The zero-order chi connectivity index (χ0) is 33.9. The lowest BCUT2D eigenvalue weighted by molar-refractivity contribution is 0.0690. The summed E-state index contributed by atoms with van der Waals surface area (Å²) in [5, 5.41) is 0. The summed E-state index contributed by atoms with van der Waals surface area (Å²) < 4.78 is 13.1. The van der Waals surface area contributed by atoms with Crippen LogP contribution < -0.4 is 0 Å². The van der Waals surface area contributed by atoms with Crippen LogP contribution in [-0.4, -0.2) is 76.3 Å². The number of fused-ring (bicyclic) bond motifs is 1. The van der Waals surface area contributed by atoms with Crippen molar-refractivity contribution < 1.29 is 4.39 Å². The van der Waals surface area contributed by atoms with E-state index >= 15 is 0 Å². The van der Waals surface area contributed by atoms with Crippen LogP contribution in [0.4, 0.5) is 4.39 Å². The number of nitrogens with zero attached hydrogens (tertiary/aromatic N) is 3. The Morgan fingerprint density at radius 1 is 0.523 bits per heavy atom. The van der Waals surface area contributed by atoms with Gasteiger partial charge in [-0.3, -0.25) is 14.7 Å². The molecule has 4 aliphatic heterocycles. The third-order valence-corrected chi connectivity index (χ3v) is 11.4. The van der Waals surface area contributed by atoms with Gasteiger partial charge in [0.2, 0.25) is 0 Å². The lowest BCUT2D eigenvalue weighted by Crippen LogP contribution is -2.49. The van der Waals surface area contributed by atoms with Crippen LogP contribution in [0.25, 0.3) is 0 Å². The molecular weight excluding hydrogens is 541 g/mol. The van der Waals surface area contributed by atoms with Gasteiger partial charge in [0.15, 0.2) is 0 Å². The molecular formula is C40H80FN3. The third-order valence-electron chi connectivity index (χ3n) is 11.4.